The summed E-state index contributed by atoms with van der Waals surface area (Å²) >= 11 is 0. The van der Waals surface area contributed by atoms with Crippen molar-refractivity contribution in [3.63, 3.8) is 0 Å². The van der Waals surface area contributed by atoms with E-state index in [2.05, 4.69) is 0 Å². The number of furan rings is 1. The number of rotatable bonds is 4. The summed E-state index contributed by atoms with van der Waals surface area (Å²) < 4.78 is 5.59. The molecular weight excluding hydrogens is 306 g/mol. The number of aryl methyl sites for hydroxylation is 2. The minimum absolute atomic E-state index is 0.00107. The van der Waals surface area contributed by atoms with Crippen LogP contribution in [0.3, 0.4) is 0 Å². The molecule has 24 heavy (non-hydrogen) atoms. The molecule has 1 aromatic heterocycles. The molecule has 0 saturated carbocycles. The topological polar surface area (TPSA) is 70.8 Å². The predicted molar refractivity (Wildman–Crippen MR) is 91.2 cm³/mol. The van der Waals surface area contributed by atoms with Crippen molar-refractivity contribution in [1.29, 1.82) is 0 Å². The van der Waals surface area contributed by atoms with Gasteiger partial charge in [0.1, 0.15) is 11.8 Å². The van der Waals surface area contributed by atoms with E-state index in [4.69, 9.17) is 9.52 Å². The molecule has 1 saturated heterocycles. The van der Waals surface area contributed by atoms with Crippen LogP contribution in [0.5, 0.6) is 0 Å². The van der Waals surface area contributed by atoms with Gasteiger partial charge in [0.15, 0.2) is 0 Å². The van der Waals surface area contributed by atoms with E-state index in [0.29, 0.717) is 18.5 Å². The first-order valence-corrected chi connectivity index (χ1v) is 8.48. The number of carboxylic acids is 1. The van der Waals surface area contributed by atoms with Gasteiger partial charge in [0.05, 0.1) is 5.56 Å². The van der Waals surface area contributed by atoms with Crippen molar-refractivity contribution in [3.05, 3.63) is 35.1 Å². The minimum Gasteiger partial charge on any atom is -0.481 e. The van der Waals surface area contributed by atoms with Gasteiger partial charge in [-0.3, -0.25) is 9.59 Å². The lowest BCUT2D eigenvalue weighted by Gasteiger charge is -2.35. The number of hydrogen-bond acceptors (Lipinski definition) is 3. The third kappa shape index (κ3) is 3.16. The Bertz CT molecular complexity index is 777. The van der Waals surface area contributed by atoms with Gasteiger partial charge in [-0.25, -0.2) is 0 Å². The van der Waals surface area contributed by atoms with Gasteiger partial charge in [0.25, 0.3) is 5.91 Å². The molecule has 2 aromatic rings. The molecule has 1 amide bonds. The quantitative estimate of drug-likeness (QED) is 0.923. The maximum atomic E-state index is 13.0. The summed E-state index contributed by atoms with van der Waals surface area (Å²) in [5, 5.41) is 9.77. The molecule has 0 radical (unpaired) electrons. The highest BCUT2D eigenvalue weighted by molar-refractivity contribution is 6.06. The fraction of sp³-hybridized carbons (Fsp3) is 0.474. The molecule has 1 atom stereocenters. The molecule has 128 valence electrons. The molecular formula is C19H23NO4. The number of likely N-dealkylation sites (tertiary alicyclic amines) is 1. The number of hydrogen-bond donors (Lipinski definition) is 1. The van der Waals surface area contributed by atoms with Crippen molar-refractivity contribution >= 4 is 22.8 Å². The van der Waals surface area contributed by atoms with E-state index >= 15 is 0 Å². The standard InChI is InChI=1S/C19H23NO4/c1-12-9-15-16(11-24-17(15)10-13(12)2)19(23)20-8-4-3-5-14(20)6-7-18(21)22/h9-11,14H,3-8H2,1-2H3,(H,21,22). The molecule has 5 heteroatoms. The summed E-state index contributed by atoms with van der Waals surface area (Å²) in [5.74, 6) is -0.861. The van der Waals surface area contributed by atoms with Gasteiger partial charge in [-0.15, -0.1) is 0 Å². The number of aliphatic carboxylic acids is 1. The van der Waals surface area contributed by atoms with E-state index in [1.807, 2.05) is 30.9 Å². The second-order valence-electron chi connectivity index (χ2n) is 6.66. The Morgan fingerprint density at radius 2 is 2.00 bits per heavy atom. The lowest BCUT2D eigenvalue weighted by molar-refractivity contribution is -0.137. The molecule has 5 nitrogen and oxygen atoms in total. The molecule has 0 bridgehead atoms. The summed E-state index contributed by atoms with van der Waals surface area (Å²) in [6.07, 6.45) is 5.01. The van der Waals surface area contributed by atoms with Crippen LogP contribution in [0.1, 0.15) is 53.6 Å². The van der Waals surface area contributed by atoms with Crippen LogP contribution >= 0.6 is 0 Å². The van der Waals surface area contributed by atoms with Crippen LogP contribution in [0, 0.1) is 13.8 Å². The van der Waals surface area contributed by atoms with Crippen molar-refractivity contribution in [2.24, 2.45) is 0 Å². The van der Waals surface area contributed by atoms with Crippen molar-refractivity contribution in [2.75, 3.05) is 6.54 Å². The number of carbonyl (C=O) groups excluding carboxylic acids is 1. The van der Waals surface area contributed by atoms with Crippen LogP contribution < -0.4 is 0 Å². The first-order valence-electron chi connectivity index (χ1n) is 8.48. The molecule has 1 fully saturated rings. The fourth-order valence-corrected chi connectivity index (χ4v) is 3.46. The number of nitrogens with zero attached hydrogens (tertiary/aromatic N) is 1. The van der Waals surface area contributed by atoms with Crippen LogP contribution in [0.15, 0.2) is 22.8 Å². The molecule has 1 unspecified atom stereocenters. The average Bonchev–Trinajstić information content (AvgIpc) is 2.95. The van der Waals surface area contributed by atoms with Crippen molar-refractivity contribution in [1.82, 2.24) is 4.90 Å². The Balaban J connectivity index is 1.89. The molecule has 0 spiro atoms. The molecule has 1 aromatic carbocycles. The van der Waals surface area contributed by atoms with Crippen LogP contribution in [0.4, 0.5) is 0 Å². The molecule has 0 aliphatic carbocycles. The highest BCUT2D eigenvalue weighted by Gasteiger charge is 2.29. The number of carboxylic acid groups (broad SMARTS) is 1. The lowest BCUT2D eigenvalue weighted by atomic mass is 9.96. The zero-order valence-corrected chi connectivity index (χ0v) is 14.2. The normalized spacial score (nSPS) is 18.1. The molecule has 2 heterocycles. The fourth-order valence-electron chi connectivity index (χ4n) is 3.46. The van der Waals surface area contributed by atoms with Crippen molar-refractivity contribution in [2.45, 2.75) is 52.0 Å². The first kappa shape index (κ1) is 16.6. The third-order valence-corrected chi connectivity index (χ3v) is 5.00. The molecule has 1 aliphatic rings. The number of piperidine rings is 1. The number of benzene rings is 1. The van der Waals surface area contributed by atoms with Crippen LogP contribution in [0.2, 0.25) is 0 Å². The van der Waals surface area contributed by atoms with E-state index in [0.717, 1.165) is 41.4 Å². The minimum atomic E-state index is -0.812. The monoisotopic (exact) mass is 329 g/mol. The SMILES string of the molecule is Cc1cc2occ(C(=O)N3CCCCC3CCC(=O)O)c2cc1C. The number of amides is 1. The van der Waals surface area contributed by atoms with Crippen LogP contribution in [-0.4, -0.2) is 34.5 Å². The predicted octanol–water partition coefficient (Wildman–Crippen LogP) is 3.91. The highest BCUT2D eigenvalue weighted by Crippen LogP contribution is 2.29. The third-order valence-electron chi connectivity index (χ3n) is 5.00. The van der Waals surface area contributed by atoms with Crippen molar-refractivity contribution in [3.8, 4) is 0 Å². The Morgan fingerprint density at radius 3 is 2.75 bits per heavy atom. The maximum Gasteiger partial charge on any atom is 0.303 e. The van der Waals surface area contributed by atoms with Gasteiger partial charge in [0, 0.05) is 24.4 Å². The number of fused-ring (bicyclic) bond motifs is 1. The Labute approximate surface area is 141 Å². The summed E-state index contributed by atoms with van der Waals surface area (Å²) in [6, 6.07) is 3.95. The Hall–Kier alpha value is -2.30. The molecule has 1 aliphatic heterocycles. The summed E-state index contributed by atoms with van der Waals surface area (Å²) in [6.45, 7) is 4.72. The molecule has 1 N–H and O–H groups in total. The summed E-state index contributed by atoms with van der Waals surface area (Å²) in [5.41, 5.74) is 3.56. The Morgan fingerprint density at radius 1 is 1.25 bits per heavy atom. The zero-order valence-electron chi connectivity index (χ0n) is 14.2. The van der Waals surface area contributed by atoms with Gasteiger partial charge in [-0.05, 0) is 62.8 Å². The first-order chi connectivity index (χ1) is 11.5. The second-order valence-corrected chi connectivity index (χ2v) is 6.66. The molecule has 3 rings (SSSR count). The van der Waals surface area contributed by atoms with Gasteiger partial charge in [-0.1, -0.05) is 0 Å². The Kier molecular flexibility index (Phi) is 4.60. The van der Waals surface area contributed by atoms with Gasteiger partial charge < -0.3 is 14.4 Å². The van der Waals surface area contributed by atoms with Gasteiger partial charge in [0.2, 0.25) is 0 Å². The van der Waals surface area contributed by atoms with Crippen molar-refractivity contribution < 1.29 is 19.1 Å². The smallest absolute Gasteiger partial charge is 0.303 e. The van der Waals surface area contributed by atoms with E-state index in [9.17, 15) is 9.59 Å². The zero-order chi connectivity index (χ0) is 17.3. The van der Waals surface area contributed by atoms with Gasteiger partial charge >= 0.3 is 5.97 Å². The average molecular weight is 329 g/mol. The van der Waals surface area contributed by atoms with Gasteiger partial charge in [-0.2, -0.15) is 0 Å². The largest absolute Gasteiger partial charge is 0.481 e. The van der Waals surface area contributed by atoms with E-state index in [-0.39, 0.29) is 18.4 Å². The maximum absolute atomic E-state index is 13.0. The lowest BCUT2D eigenvalue weighted by Crippen LogP contribution is -2.43. The summed E-state index contributed by atoms with van der Waals surface area (Å²) in [4.78, 5) is 25.8. The van der Waals surface area contributed by atoms with E-state index in [1.54, 1.807) is 0 Å². The highest BCUT2D eigenvalue weighted by atomic mass is 16.4. The summed E-state index contributed by atoms with van der Waals surface area (Å²) in [7, 11) is 0. The van der Waals surface area contributed by atoms with E-state index in [1.165, 1.54) is 6.26 Å². The number of carbonyl (C=O) groups is 2. The van der Waals surface area contributed by atoms with Crippen LogP contribution in [0.25, 0.3) is 11.0 Å². The van der Waals surface area contributed by atoms with E-state index < -0.39 is 5.97 Å². The van der Waals surface area contributed by atoms with Crippen LogP contribution in [-0.2, 0) is 4.79 Å². The second kappa shape index (κ2) is 6.67.